The maximum absolute atomic E-state index is 11.2. The molecule has 1 heterocycles. The van der Waals surface area contributed by atoms with Gasteiger partial charge in [-0.25, -0.2) is 0 Å². The van der Waals surface area contributed by atoms with Crippen LogP contribution in [0.1, 0.15) is 25.5 Å². The minimum absolute atomic E-state index is 0.0746. The van der Waals surface area contributed by atoms with Gasteiger partial charge in [0.25, 0.3) is 5.56 Å². The van der Waals surface area contributed by atoms with Crippen molar-refractivity contribution in [2.24, 2.45) is 0 Å². The standard InChI is InChI=1S/C9H13NO/c1-7(2)10-6-8(3)4-5-9(10)11/h4-7H,1-3H3. The van der Waals surface area contributed by atoms with Crippen LogP contribution in [0.25, 0.3) is 0 Å². The van der Waals surface area contributed by atoms with Gasteiger partial charge in [0, 0.05) is 18.3 Å². The summed E-state index contributed by atoms with van der Waals surface area (Å²) in [4.78, 5) is 11.2. The molecule has 0 unspecified atom stereocenters. The molecule has 1 aromatic rings. The van der Waals surface area contributed by atoms with Crippen molar-refractivity contribution in [1.82, 2.24) is 4.57 Å². The number of aryl methyl sites for hydroxylation is 1. The van der Waals surface area contributed by atoms with Gasteiger partial charge in [-0.1, -0.05) is 6.07 Å². The highest BCUT2D eigenvalue weighted by atomic mass is 16.1. The van der Waals surface area contributed by atoms with Gasteiger partial charge in [0.2, 0.25) is 0 Å². The topological polar surface area (TPSA) is 22.0 Å². The lowest BCUT2D eigenvalue weighted by molar-refractivity contribution is 0.576. The molecule has 1 aromatic heterocycles. The Kier molecular flexibility index (Phi) is 2.13. The summed E-state index contributed by atoms with van der Waals surface area (Å²) in [5.74, 6) is 0. The van der Waals surface area contributed by atoms with Crippen LogP contribution in [0.4, 0.5) is 0 Å². The van der Waals surface area contributed by atoms with E-state index < -0.39 is 0 Å². The maximum atomic E-state index is 11.2. The SMILES string of the molecule is Cc1ccc(=O)n(C(C)C)c1. The predicted molar refractivity (Wildman–Crippen MR) is 45.8 cm³/mol. The summed E-state index contributed by atoms with van der Waals surface area (Å²) < 4.78 is 1.73. The Morgan fingerprint density at radius 1 is 1.36 bits per heavy atom. The number of aromatic nitrogens is 1. The lowest BCUT2D eigenvalue weighted by Gasteiger charge is -2.09. The second-order valence-electron chi connectivity index (χ2n) is 3.05. The molecule has 1 rings (SSSR count). The summed E-state index contributed by atoms with van der Waals surface area (Å²) in [6, 6.07) is 3.69. The average Bonchev–Trinajstić information content (AvgIpc) is 1.94. The van der Waals surface area contributed by atoms with Crippen LogP contribution in [0.5, 0.6) is 0 Å². The number of hydrogen-bond acceptors (Lipinski definition) is 1. The molecule has 0 amide bonds. The van der Waals surface area contributed by atoms with Crippen LogP contribution in [0.15, 0.2) is 23.1 Å². The molecule has 0 aliphatic rings. The van der Waals surface area contributed by atoms with Crippen LogP contribution < -0.4 is 5.56 Å². The van der Waals surface area contributed by atoms with E-state index in [2.05, 4.69) is 0 Å². The fraction of sp³-hybridized carbons (Fsp3) is 0.444. The van der Waals surface area contributed by atoms with Gasteiger partial charge in [-0.3, -0.25) is 4.79 Å². The Morgan fingerprint density at radius 2 is 2.00 bits per heavy atom. The van der Waals surface area contributed by atoms with Crippen molar-refractivity contribution in [3.05, 3.63) is 34.2 Å². The molecule has 2 nitrogen and oxygen atoms in total. The second kappa shape index (κ2) is 2.91. The maximum Gasteiger partial charge on any atom is 0.250 e. The lowest BCUT2D eigenvalue weighted by Crippen LogP contribution is -2.20. The molecule has 0 spiro atoms. The van der Waals surface area contributed by atoms with E-state index in [-0.39, 0.29) is 11.6 Å². The fourth-order valence-electron chi connectivity index (χ4n) is 1.02. The molecule has 0 atom stereocenters. The van der Waals surface area contributed by atoms with E-state index >= 15 is 0 Å². The number of hydrogen-bond donors (Lipinski definition) is 0. The van der Waals surface area contributed by atoms with E-state index in [0.29, 0.717) is 0 Å². The summed E-state index contributed by atoms with van der Waals surface area (Å²) in [6.45, 7) is 5.99. The molecule has 0 saturated carbocycles. The number of rotatable bonds is 1. The minimum Gasteiger partial charge on any atom is -0.313 e. The molecule has 0 aliphatic heterocycles. The van der Waals surface area contributed by atoms with Crippen molar-refractivity contribution in [1.29, 1.82) is 0 Å². The number of nitrogens with zero attached hydrogens (tertiary/aromatic N) is 1. The molecule has 2 heteroatoms. The van der Waals surface area contributed by atoms with Gasteiger partial charge in [-0.2, -0.15) is 0 Å². The Labute approximate surface area is 66.5 Å². The van der Waals surface area contributed by atoms with E-state index in [1.807, 2.05) is 33.0 Å². The van der Waals surface area contributed by atoms with Gasteiger partial charge in [-0.15, -0.1) is 0 Å². The summed E-state index contributed by atoms with van der Waals surface area (Å²) >= 11 is 0. The first-order valence-electron chi connectivity index (χ1n) is 3.80. The number of pyridine rings is 1. The van der Waals surface area contributed by atoms with E-state index in [0.717, 1.165) is 5.56 Å². The van der Waals surface area contributed by atoms with Crippen molar-refractivity contribution in [2.45, 2.75) is 26.8 Å². The Balaban J connectivity index is 3.24. The molecule has 60 valence electrons. The largest absolute Gasteiger partial charge is 0.313 e. The fourth-order valence-corrected chi connectivity index (χ4v) is 1.02. The Bertz CT molecular complexity index is 299. The first kappa shape index (κ1) is 8.05. The molecule has 0 aliphatic carbocycles. The molecule has 0 fully saturated rings. The quantitative estimate of drug-likeness (QED) is 0.599. The zero-order chi connectivity index (χ0) is 8.43. The van der Waals surface area contributed by atoms with Crippen molar-refractivity contribution in [3.63, 3.8) is 0 Å². The molecule has 11 heavy (non-hydrogen) atoms. The molecular formula is C9H13NO. The first-order valence-corrected chi connectivity index (χ1v) is 3.80. The summed E-state index contributed by atoms with van der Waals surface area (Å²) in [5, 5.41) is 0. The molecule has 0 radical (unpaired) electrons. The highest BCUT2D eigenvalue weighted by Crippen LogP contribution is 2.00. The Morgan fingerprint density at radius 3 is 2.45 bits per heavy atom. The average molecular weight is 151 g/mol. The summed E-state index contributed by atoms with van der Waals surface area (Å²) in [6.07, 6.45) is 1.88. The zero-order valence-electron chi connectivity index (χ0n) is 7.16. The molecule has 0 saturated heterocycles. The third kappa shape index (κ3) is 1.70. The van der Waals surface area contributed by atoms with Crippen molar-refractivity contribution >= 4 is 0 Å². The van der Waals surface area contributed by atoms with E-state index in [1.165, 1.54) is 0 Å². The first-order chi connectivity index (χ1) is 5.11. The molecule has 0 aromatic carbocycles. The van der Waals surface area contributed by atoms with Crippen LogP contribution in [0.2, 0.25) is 0 Å². The van der Waals surface area contributed by atoms with Gasteiger partial charge in [0.05, 0.1) is 0 Å². The van der Waals surface area contributed by atoms with Crippen LogP contribution in [0.3, 0.4) is 0 Å². The highest BCUT2D eigenvalue weighted by molar-refractivity contribution is 5.07. The molecule has 0 N–H and O–H groups in total. The van der Waals surface area contributed by atoms with Crippen molar-refractivity contribution in [3.8, 4) is 0 Å². The van der Waals surface area contributed by atoms with E-state index in [1.54, 1.807) is 10.6 Å². The molecular weight excluding hydrogens is 138 g/mol. The third-order valence-electron chi connectivity index (χ3n) is 1.64. The zero-order valence-corrected chi connectivity index (χ0v) is 7.16. The van der Waals surface area contributed by atoms with Gasteiger partial charge >= 0.3 is 0 Å². The van der Waals surface area contributed by atoms with Crippen LogP contribution in [0, 0.1) is 6.92 Å². The minimum atomic E-state index is 0.0746. The second-order valence-corrected chi connectivity index (χ2v) is 3.05. The Hall–Kier alpha value is -1.05. The van der Waals surface area contributed by atoms with E-state index in [9.17, 15) is 4.79 Å². The van der Waals surface area contributed by atoms with E-state index in [4.69, 9.17) is 0 Å². The summed E-state index contributed by atoms with van der Waals surface area (Å²) in [7, 11) is 0. The van der Waals surface area contributed by atoms with Crippen LogP contribution in [-0.2, 0) is 0 Å². The van der Waals surface area contributed by atoms with Gasteiger partial charge in [-0.05, 0) is 26.3 Å². The predicted octanol–water partition coefficient (Wildman–Crippen LogP) is 1.74. The van der Waals surface area contributed by atoms with Gasteiger partial charge < -0.3 is 4.57 Å². The lowest BCUT2D eigenvalue weighted by atomic mass is 10.3. The van der Waals surface area contributed by atoms with Crippen molar-refractivity contribution < 1.29 is 0 Å². The highest BCUT2D eigenvalue weighted by Gasteiger charge is 1.98. The van der Waals surface area contributed by atoms with Crippen molar-refractivity contribution in [2.75, 3.05) is 0 Å². The van der Waals surface area contributed by atoms with Crippen LogP contribution >= 0.6 is 0 Å². The van der Waals surface area contributed by atoms with Gasteiger partial charge in [0.15, 0.2) is 0 Å². The smallest absolute Gasteiger partial charge is 0.250 e. The van der Waals surface area contributed by atoms with Gasteiger partial charge in [0.1, 0.15) is 0 Å². The normalized spacial score (nSPS) is 10.5. The third-order valence-corrected chi connectivity index (χ3v) is 1.64. The van der Waals surface area contributed by atoms with Crippen LogP contribution in [-0.4, -0.2) is 4.57 Å². The monoisotopic (exact) mass is 151 g/mol. The summed E-state index contributed by atoms with van der Waals surface area (Å²) in [5.41, 5.74) is 1.20. The molecule has 0 bridgehead atoms.